The largest absolute Gasteiger partial charge is 0.497 e. The van der Waals surface area contributed by atoms with Crippen molar-refractivity contribution in [3.63, 3.8) is 0 Å². The first kappa shape index (κ1) is 16.0. The molecule has 0 saturated heterocycles. The van der Waals surface area contributed by atoms with Crippen molar-refractivity contribution < 1.29 is 18.4 Å². The summed E-state index contributed by atoms with van der Waals surface area (Å²) in [4.78, 5) is 12.3. The maximum absolute atomic E-state index is 13.8. The van der Waals surface area contributed by atoms with Crippen LogP contribution in [0.4, 0.5) is 10.3 Å². The van der Waals surface area contributed by atoms with Gasteiger partial charge in [-0.1, -0.05) is 35.0 Å². The van der Waals surface area contributed by atoms with Crippen molar-refractivity contribution in [3.8, 4) is 16.9 Å². The first-order chi connectivity index (χ1) is 11.6. The Morgan fingerprint density at radius 3 is 2.67 bits per heavy atom. The number of hydrogen-bond donors (Lipinski definition) is 1. The molecule has 1 N–H and O–H groups in total. The van der Waals surface area contributed by atoms with Gasteiger partial charge in [-0.25, -0.2) is 4.39 Å². The third-order valence-electron chi connectivity index (χ3n) is 3.39. The number of ether oxygens (including phenoxy) is 1. The lowest BCUT2D eigenvalue weighted by Crippen LogP contribution is -2.14. The van der Waals surface area contributed by atoms with Gasteiger partial charge in [0.15, 0.2) is 0 Å². The molecule has 7 heteroatoms. The Morgan fingerprint density at radius 1 is 1.25 bits per heavy atom. The van der Waals surface area contributed by atoms with Crippen LogP contribution < -0.4 is 10.1 Å². The van der Waals surface area contributed by atoms with Gasteiger partial charge in [-0.3, -0.25) is 10.1 Å². The number of methoxy groups -OCH3 is 1. The third kappa shape index (κ3) is 3.09. The van der Waals surface area contributed by atoms with Crippen molar-refractivity contribution in [1.82, 2.24) is 5.16 Å². The molecule has 0 aliphatic rings. The summed E-state index contributed by atoms with van der Waals surface area (Å²) >= 11 is 5.89. The highest BCUT2D eigenvalue weighted by atomic mass is 35.5. The Balaban J connectivity index is 1.89. The van der Waals surface area contributed by atoms with E-state index in [1.54, 1.807) is 31.4 Å². The molecule has 122 valence electrons. The number of hydrogen-bond acceptors (Lipinski definition) is 4. The summed E-state index contributed by atoms with van der Waals surface area (Å²) in [7, 11) is 1.57. The second-order valence-corrected chi connectivity index (χ2v) is 5.26. The average Bonchev–Trinajstić information content (AvgIpc) is 3.03. The molecule has 0 fully saturated rings. The highest BCUT2D eigenvalue weighted by molar-refractivity contribution is 6.34. The maximum Gasteiger partial charge on any atom is 0.262 e. The minimum absolute atomic E-state index is 0.0120. The van der Waals surface area contributed by atoms with E-state index in [1.165, 1.54) is 18.3 Å². The molecule has 3 rings (SSSR count). The minimum atomic E-state index is -0.718. The maximum atomic E-state index is 13.8. The van der Waals surface area contributed by atoms with Crippen LogP contribution in [-0.4, -0.2) is 18.2 Å². The molecule has 0 aliphatic carbocycles. The van der Waals surface area contributed by atoms with E-state index in [4.69, 9.17) is 20.9 Å². The number of benzene rings is 2. The number of nitrogens with one attached hydrogen (secondary N) is 1. The van der Waals surface area contributed by atoms with Crippen LogP contribution in [0.25, 0.3) is 11.1 Å². The van der Waals surface area contributed by atoms with Crippen LogP contribution in [0.2, 0.25) is 5.02 Å². The molecular formula is C17H12ClFN2O3. The minimum Gasteiger partial charge on any atom is -0.497 e. The van der Waals surface area contributed by atoms with Gasteiger partial charge in [-0.15, -0.1) is 0 Å². The Kier molecular flexibility index (Phi) is 4.48. The van der Waals surface area contributed by atoms with E-state index in [2.05, 4.69) is 10.5 Å². The molecule has 0 radical (unpaired) electrons. The molecule has 2 aromatic carbocycles. The highest BCUT2D eigenvalue weighted by Gasteiger charge is 2.19. The zero-order valence-corrected chi connectivity index (χ0v) is 13.3. The van der Waals surface area contributed by atoms with Crippen LogP contribution in [0.1, 0.15) is 10.4 Å². The SMILES string of the molecule is COc1ccc(-c2cnoc2NC(=O)c2c(F)cccc2Cl)cc1. The Labute approximate surface area is 142 Å². The number of rotatable bonds is 4. The van der Waals surface area contributed by atoms with E-state index in [0.717, 1.165) is 11.6 Å². The van der Waals surface area contributed by atoms with E-state index in [9.17, 15) is 9.18 Å². The van der Waals surface area contributed by atoms with Crippen LogP contribution in [0, 0.1) is 5.82 Å². The summed E-state index contributed by atoms with van der Waals surface area (Å²) in [5.41, 5.74) is 1.06. The number of halogens is 2. The zero-order chi connectivity index (χ0) is 17.1. The summed E-state index contributed by atoms with van der Waals surface area (Å²) in [5.74, 6) is -0.640. The molecule has 0 unspecified atom stereocenters. The summed E-state index contributed by atoms with van der Waals surface area (Å²) in [6, 6.07) is 11.1. The third-order valence-corrected chi connectivity index (χ3v) is 3.70. The smallest absolute Gasteiger partial charge is 0.262 e. The highest BCUT2D eigenvalue weighted by Crippen LogP contribution is 2.30. The lowest BCUT2D eigenvalue weighted by Gasteiger charge is -2.07. The van der Waals surface area contributed by atoms with Crippen molar-refractivity contribution >= 4 is 23.4 Å². The average molecular weight is 347 g/mol. The number of nitrogens with zero attached hydrogens (tertiary/aromatic N) is 1. The molecule has 5 nitrogen and oxygen atoms in total. The van der Waals surface area contributed by atoms with Crippen LogP contribution in [0.5, 0.6) is 5.75 Å². The fourth-order valence-electron chi connectivity index (χ4n) is 2.19. The van der Waals surface area contributed by atoms with Crippen LogP contribution in [-0.2, 0) is 0 Å². The number of aromatic nitrogens is 1. The molecule has 0 saturated carbocycles. The number of carbonyl (C=O) groups excluding carboxylic acids is 1. The van der Waals surface area contributed by atoms with Crippen molar-refractivity contribution in [2.75, 3.05) is 12.4 Å². The molecule has 1 aromatic heterocycles. The zero-order valence-electron chi connectivity index (χ0n) is 12.5. The molecule has 0 atom stereocenters. The van der Waals surface area contributed by atoms with E-state index in [-0.39, 0.29) is 16.5 Å². The second-order valence-electron chi connectivity index (χ2n) is 4.85. The van der Waals surface area contributed by atoms with Crippen LogP contribution >= 0.6 is 11.6 Å². The number of carbonyl (C=O) groups is 1. The number of anilines is 1. The summed E-state index contributed by atoms with van der Waals surface area (Å²) < 4.78 is 24.0. The van der Waals surface area contributed by atoms with Crippen LogP contribution in [0.15, 0.2) is 53.2 Å². The number of amides is 1. The van der Waals surface area contributed by atoms with Crippen molar-refractivity contribution in [1.29, 1.82) is 0 Å². The standard InChI is InChI=1S/C17H12ClFN2O3/c1-23-11-7-5-10(6-8-11)12-9-20-24-17(12)21-16(22)15-13(18)3-2-4-14(15)19/h2-9H,1H3,(H,21,22). The molecule has 0 spiro atoms. The quantitative estimate of drug-likeness (QED) is 0.760. The fraction of sp³-hybridized carbons (Fsp3) is 0.0588. The first-order valence-corrected chi connectivity index (χ1v) is 7.32. The molecule has 0 bridgehead atoms. The lowest BCUT2D eigenvalue weighted by atomic mass is 10.1. The lowest BCUT2D eigenvalue weighted by molar-refractivity contribution is 0.102. The van der Waals surface area contributed by atoms with Crippen molar-refractivity contribution in [2.24, 2.45) is 0 Å². The second kappa shape index (κ2) is 6.72. The monoisotopic (exact) mass is 346 g/mol. The van der Waals surface area contributed by atoms with E-state index in [0.29, 0.717) is 11.3 Å². The van der Waals surface area contributed by atoms with Gasteiger partial charge in [-0.05, 0) is 29.8 Å². The first-order valence-electron chi connectivity index (χ1n) is 6.94. The predicted molar refractivity (Wildman–Crippen MR) is 87.9 cm³/mol. The molecular weight excluding hydrogens is 335 g/mol. The van der Waals surface area contributed by atoms with E-state index < -0.39 is 11.7 Å². The van der Waals surface area contributed by atoms with Gasteiger partial charge in [0.05, 0.1) is 29.5 Å². The molecule has 0 aliphatic heterocycles. The fourth-order valence-corrected chi connectivity index (χ4v) is 2.44. The van der Waals surface area contributed by atoms with Gasteiger partial charge in [0.1, 0.15) is 11.6 Å². The topological polar surface area (TPSA) is 64.4 Å². The van der Waals surface area contributed by atoms with Crippen LogP contribution in [0.3, 0.4) is 0 Å². The van der Waals surface area contributed by atoms with Gasteiger partial charge < -0.3 is 9.26 Å². The van der Waals surface area contributed by atoms with Gasteiger partial charge in [0.25, 0.3) is 5.91 Å². The molecule has 1 amide bonds. The van der Waals surface area contributed by atoms with Gasteiger partial charge in [-0.2, -0.15) is 0 Å². The predicted octanol–water partition coefficient (Wildman–Crippen LogP) is 4.40. The molecule has 3 aromatic rings. The van der Waals surface area contributed by atoms with Gasteiger partial charge in [0.2, 0.25) is 5.88 Å². The van der Waals surface area contributed by atoms with Gasteiger partial charge in [0, 0.05) is 0 Å². The van der Waals surface area contributed by atoms with Gasteiger partial charge >= 0.3 is 0 Å². The molecule has 24 heavy (non-hydrogen) atoms. The van der Waals surface area contributed by atoms with E-state index in [1.807, 2.05) is 0 Å². The molecule has 1 heterocycles. The van der Waals surface area contributed by atoms with E-state index >= 15 is 0 Å². The normalized spacial score (nSPS) is 10.5. The summed E-state index contributed by atoms with van der Waals surface area (Å²) in [6.45, 7) is 0. The Morgan fingerprint density at radius 2 is 2.00 bits per heavy atom. The summed E-state index contributed by atoms with van der Waals surface area (Å²) in [5, 5.41) is 6.19. The van der Waals surface area contributed by atoms with Crippen molar-refractivity contribution in [2.45, 2.75) is 0 Å². The van der Waals surface area contributed by atoms with Crippen molar-refractivity contribution in [3.05, 3.63) is 65.1 Å². The Bertz CT molecular complexity index is 858. The Hall–Kier alpha value is -2.86. The summed E-state index contributed by atoms with van der Waals surface area (Å²) in [6.07, 6.45) is 1.46.